The highest BCUT2D eigenvalue weighted by Crippen LogP contribution is 2.43. The van der Waals surface area contributed by atoms with Crippen LogP contribution in [0.15, 0.2) is 0 Å². The molecule has 1 rings (SSSR count). The van der Waals surface area contributed by atoms with Gasteiger partial charge >= 0.3 is 5.97 Å². The van der Waals surface area contributed by atoms with Crippen LogP contribution in [0.25, 0.3) is 0 Å². The Bertz CT molecular complexity index is 265. The predicted molar refractivity (Wildman–Crippen MR) is 77.2 cm³/mol. The lowest BCUT2D eigenvalue weighted by Crippen LogP contribution is -2.36. The van der Waals surface area contributed by atoms with E-state index >= 15 is 0 Å². The zero-order chi connectivity index (χ0) is 14.3. The quantitative estimate of drug-likeness (QED) is 0.675. The molecule has 0 heterocycles. The van der Waals surface area contributed by atoms with Gasteiger partial charge in [-0.15, -0.1) is 0 Å². The molecule has 3 heteroatoms. The molecule has 0 amide bonds. The van der Waals surface area contributed by atoms with Crippen LogP contribution in [-0.4, -0.2) is 24.3 Å². The van der Waals surface area contributed by atoms with Crippen LogP contribution in [0.3, 0.4) is 0 Å². The molecule has 1 fully saturated rings. The minimum atomic E-state index is -0.615. The second-order valence-corrected chi connectivity index (χ2v) is 6.54. The summed E-state index contributed by atoms with van der Waals surface area (Å²) in [5, 5.41) is 9.56. The van der Waals surface area contributed by atoms with Crippen LogP contribution in [0.1, 0.15) is 65.7 Å². The van der Waals surface area contributed by atoms with E-state index in [9.17, 15) is 9.90 Å². The molecule has 19 heavy (non-hydrogen) atoms. The third kappa shape index (κ3) is 5.13. The first kappa shape index (κ1) is 16.5. The minimum Gasteiger partial charge on any atom is -0.481 e. The monoisotopic (exact) mass is 270 g/mol. The van der Waals surface area contributed by atoms with Gasteiger partial charge in [0.05, 0.1) is 5.41 Å². The molecule has 0 spiro atoms. The molecule has 0 unspecified atom stereocenters. The first-order valence-electron chi connectivity index (χ1n) is 7.81. The van der Waals surface area contributed by atoms with E-state index in [1.165, 1.54) is 12.8 Å². The van der Waals surface area contributed by atoms with Gasteiger partial charge in [0.15, 0.2) is 0 Å². The molecule has 0 atom stereocenters. The van der Waals surface area contributed by atoms with E-state index in [0.717, 1.165) is 38.2 Å². The van der Waals surface area contributed by atoms with Crippen molar-refractivity contribution in [2.24, 2.45) is 17.3 Å². The average molecular weight is 270 g/mol. The minimum absolute atomic E-state index is 0.513. The summed E-state index contributed by atoms with van der Waals surface area (Å²) in [5.74, 6) is 0.644. The van der Waals surface area contributed by atoms with Gasteiger partial charge < -0.3 is 9.84 Å². The van der Waals surface area contributed by atoms with Crippen molar-refractivity contribution in [2.75, 3.05) is 13.2 Å². The summed E-state index contributed by atoms with van der Waals surface area (Å²) in [6.45, 7) is 7.75. The van der Waals surface area contributed by atoms with E-state index in [0.29, 0.717) is 18.9 Å². The molecule has 0 bridgehead atoms. The van der Waals surface area contributed by atoms with Gasteiger partial charge in [-0.1, -0.05) is 33.6 Å². The molecule has 0 aromatic heterocycles. The Labute approximate surface area is 117 Å². The number of carboxylic acids is 1. The number of carboxylic acid groups (broad SMARTS) is 1. The van der Waals surface area contributed by atoms with Gasteiger partial charge in [-0.2, -0.15) is 0 Å². The Morgan fingerprint density at radius 3 is 2.47 bits per heavy atom. The molecule has 0 aromatic carbocycles. The number of aliphatic carboxylic acids is 1. The van der Waals surface area contributed by atoms with Crippen LogP contribution in [0.4, 0.5) is 0 Å². The van der Waals surface area contributed by atoms with Gasteiger partial charge in [0, 0.05) is 13.2 Å². The van der Waals surface area contributed by atoms with Crippen LogP contribution < -0.4 is 0 Å². The SMILES string of the molecule is CCCC1CCC(CCOCC(C)C)(C(=O)O)CC1. The Kier molecular flexibility index (Phi) is 6.84. The fourth-order valence-electron chi connectivity index (χ4n) is 3.08. The van der Waals surface area contributed by atoms with E-state index in [2.05, 4.69) is 20.8 Å². The van der Waals surface area contributed by atoms with Crippen LogP contribution in [0, 0.1) is 17.3 Å². The van der Waals surface area contributed by atoms with Gasteiger partial charge in [0.2, 0.25) is 0 Å². The molecule has 0 aromatic rings. The number of rotatable bonds is 8. The molecule has 1 N–H and O–H groups in total. The first-order chi connectivity index (χ1) is 9.00. The normalized spacial score (nSPS) is 27.7. The molecule has 1 saturated carbocycles. The zero-order valence-electron chi connectivity index (χ0n) is 12.8. The Morgan fingerprint density at radius 2 is 2.00 bits per heavy atom. The van der Waals surface area contributed by atoms with E-state index in [1.54, 1.807) is 0 Å². The highest BCUT2D eigenvalue weighted by atomic mass is 16.5. The van der Waals surface area contributed by atoms with Gasteiger partial charge in [-0.25, -0.2) is 0 Å². The van der Waals surface area contributed by atoms with Gasteiger partial charge in [-0.3, -0.25) is 4.79 Å². The average Bonchev–Trinajstić information content (AvgIpc) is 2.36. The van der Waals surface area contributed by atoms with E-state index < -0.39 is 11.4 Å². The fraction of sp³-hybridized carbons (Fsp3) is 0.938. The van der Waals surface area contributed by atoms with Crippen molar-refractivity contribution in [1.29, 1.82) is 0 Å². The lowest BCUT2D eigenvalue weighted by atomic mass is 9.68. The highest BCUT2D eigenvalue weighted by molar-refractivity contribution is 5.74. The molecule has 112 valence electrons. The van der Waals surface area contributed by atoms with Crippen molar-refractivity contribution in [1.82, 2.24) is 0 Å². The van der Waals surface area contributed by atoms with Crippen LogP contribution in [0.2, 0.25) is 0 Å². The molecule has 3 nitrogen and oxygen atoms in total. The van der Waals surface area contributed by atoms with Crippen LogP contribution in [0.5, 0.6) is 0 Å². The van der Waals surface area contributed by atoms with Crippen molar-refractivity contribution in [3.8, 4) is 0 Å². The zero-order valence-corrected chi connectivity index (χ0v) is 12.8. The fourth-order valence-corrected chi connectivity index (χ4v) is 3.08. The van der Waals surface area contributed by atoms with Crippen molar-refractivity contribution in [2.45, 2.75) is 65.7 Å². The van der Waals surface area contributed by atoms with Gasteiger partial charge in [0.25, 0.3) is 0 Å². The van der Waals surface area contributed by atoms with Crippen LogP contribution >= 0.6 is 0 Å². The molecular formula is C16H30O3. The smallest absolute Gasteiger partial charge is 0.309 e. The maximum atomic E-state index is 11.6. The van der Waals surface area contributed by atoms with E-state index in [4.69, 9.17) is 4.74 Å². The highest BCUT2D eigenvalue weighted by Gasteiger charge is 2.41. The van der Waals surface area contributed by atoms with Crippen molar-refractivity contribution in [3.63, 3.8) is 0 Å². The Balaban J connectivity index is 2.41. The summed E-state index contributed by atoms with van der Waals surface area (Å²) in [6.07, 6.45) is 6.94. The second kappa shape index (κ2) is 7.88. The lowest BCUT2D eigenvalue weighted by molar-refractivity contribution is -0.153. The Hall–Kier alpha value is -0.570. The number of ether oxygens (including phenoxy) is 1. The summed E-state index contributed by atoms with van der Waals surface area (Å²) >= 11 is 0. The molecule has 0 radical (unpaired) electrons. The molecule has 1 aliphatic rings. The van der Waals surface area contributed by atoms with Gasteiger partial charge in [-0.05, 0) is 43.9 Å². The lowest BCUT2D eigenvalue weighted by Gasteiger charge is -2.37. The van der Waals surface area contributed by atoms with E-state index in [1.807, 2.05) is 0 Å². The van der Waals surface area contributed by atoms with Crippen LogP contribution in [-0.2, 0) is 9.53 Å². The number of carbonyl (C=O) groups is 1. The first-order valence-corrected chi connectivity index (χ1v) is 7.81. The molecule has 0 aliphatic heterocycles. The van der Waals surface area contributed by atoms with Crippen molar-refractivity contribution < 1.29 is 14.6 Å². The maximum absolute atomic E-state index is 11.6. The third-order valence-electron chi connectivity index (χ3n) is 4.39. The molecule has 1 aliphatic carbocycles. The predicted octanol–water partition coefficient (Wildman–Crippen LogP) is 4.11. The largest absolute Gasteiger partial charge is 0.481 e. The summed E-state index contributed by atoms with van der Waals surface area (Å²) in [5.41, 5.74) is -0.513. The number of hydrogen-bond acceptors (Lipinski definition) is 2. The van der Waals surface area contributed by atoms with Gasteiger partial charge in [0.1, 0.15) is 0 Å². The second-order valence-electron chi connectivity index (χ2n) is 6.54. The molecule has 0 saturated heterocycles. The summed E-state index contributed by atoms with van der Waals surface area (Å²) in [6, 6.07) is 0. The molecular weight excluding hydrogens is 240 g/mol. The number of hydrogen-bond donors (Lipinski definition) is 1. The standard InChI is InChI=1S/C16H30O3/c1-4-5-14-6-8-16(9-7-14,15(17)18)10-11-19-12-13(2)3/h13-14H,4-12H2,1-3H3,(H,17,18). The third-order valence-corrected chi connectivity index (χ3v) is 4.39. The topological polar surface area (TPSA) is 46.5 Å². The van der Waals surface area contributed by atoms with E-state index in [-0.39, 0.29) is 0 Å². The summed E-state index contributed by atoms with van der Waals surface area (Å²) < 4.78 is 5.58. The summed E-state index contributed by atoms with van der Waals surface area (Å²) in [4.78, 5) is 11.6. The Morgan fingerprint density at radius 1 is 1.37 bits per heavy atom. The van der Waals surface area contributed by atoms with Crippen molar-refractivity contribution >= 4 is 5.97 Å². The summed E-state index contributed by atoms with van der Waals surface area (Å²) in [7, 11) is 0. The van der Waals surface area contributed by atoms with Crippen molar-refractivity contribution in [3.05, 3.63) is 0 Å². The maximum Gasteiger partial charge on any atom is 0.309 e.